The van der Waals surface area contributed by atoms with Crippen LogP contribution in [0.5, 0.6) is 11.5 Å². The molecule has 3 aromatic rings. The van der Waals surface area contributed by atoms with E-state index in [9.17, 15) is 14.4 Å². The first-order valence-electron chi connectivity index (χ1n) is 12.6. The lowest BCUT2D eigenvalue weighted by molar-refractivity contribution is -0.128. The molecule has 0 bridgehead atoms. The lowest BCUT2D eigenvalue weighted by Gasteiger charge is -2.44. The summed E-state index contributed by atoms with van der Waals surface area (Å²) in [5.41, 5.74) is -0.0179. The number of rotatable bonds is 5. The SMILES string of the molecule is O=C(NCc1ccco1)C1COC2(CCN(C(=O)c3ccc4c(c3)OCO4)CC2)N1C(=O)c1ccccc1. The molecule has 3 aliphatic heterocycles. The van der Waals surface area contributed by atoms with Gasteiger partial charge in [-0.3, -0.25) is 19.3 Å². The van der Waals surface area contributed by atoms with E-state index < -0.39 is 11.8 Å². The molecule has 196 valence electrons. The molecular weight excluding hydrogens is 490 g/mol. The van der Waals surface area contributed by atoms with Crippen LogP contribution in [0.1, 0.15) is 39.3 Å². The van der Waals surface area contributed by atoms with Crippen molar-refractivity contribution in [3.05, 3.63) is 83.8 Å². The summed E-state index contributed by atoms with van der Waals surface area (Å²) in [6.45, 7) is 1.15. The van der Waals surface area contributed by atoms with Gasteiger partial charge in [0.1, 0.15) is 17.5 Å². The van der Waals surface area contributed by atoms with Crippen molar-refractivity contribution in [1.82, 2.24) is 15.1 Å². The molecule has 2 aromatic carbocycles. The third-order valence-electron chi connectivity index (χ3n) is 7.27. The molecule has 3 amide bonds. The zero-order valence-corrected chi connectivity index (χ0v) is 20.6. The molecule has 1 unspecified atom stereocenters. The third-order valence-corrected chi connectivity index (χ3v) is 7.27. The highest BCUT2D eigenvalue weighted by Crippen LogP contribution is 2.39. The maximum absolute atomic E-state index is 13.8. The largest absolute Gasteiger partial charge is 0.467 e. The fourth-order valence-electron chi connectivity index (χ4n) is 5.26. The van der Waals surface area contributed by atoms with Gasteiger partial charge in [-0.1, -0.05) is 18.2 Å². The highest BCUT2D eigenvalue weighted by atomic mass is 16.7. The number of carbonyl (C=O) groups excluding carboxylic acids is 3. The number of fused-ring (bicyclic) bond motifs is 1. The molecule has 4 heterocycles. The van der Waals surface area contributed by atoms with Gasteiger partial charge in [-0.05, 0) is 42.5 Å². The molecule has 0 radical (unpaired) electrons. The predicted molar refractivity (Wildman–Crippen MR) is 133 cm³/mol. The van der Waals surface area contributed by atoms with E-state index in [1.165, 1.54) is 0 Å². The number of amides is 3. The molecule has 3 aliphatic rings. The Morgan fingerprint density at radius 2 is 1.68 bits per heavy atom. The monoisotopic (exact) mass is 517 g/mol. The summed E-state index contributed by atoms with van der Waals surface area (Å²) in [6, 6.07) is 16.7. The molecule has 38 heavy (non-hydrogen) atoms. The first-order valence-corrected chi connectivity index (χ1v) is 12.6. The van der Waals surface area contributed by atoms with Crippen LogP contribution in [0.3, 0.4) is 0 Å². The van der Waals surface area contributed by atoms with Crippen LogP contribution in [0.4, 0.5) is 0 Å². The van der Waals surface area contributed by atoms with E-state index in [0.717, 1.165) is 0 Å². The predicted octanol–water partition coefficient (Wildman–Crippen LogP) is 2.80. The van der Waals surface area contributed by atoms with Gasteiger partial charge in [-0.2, -0.15) is 0 Å². The molecule has 1 N–H and O–H groups in total. The summed E-state index contributed by atoms with van der Waals surface area (Å²) in [5.74, 6) is 1.04. The second-order valence-electron chi connectivity index (χ2n) is 9.47. The average Bonchev–Trinajstić information content (AvgIpc) is 3.72. The van der Waals surface area contributed by atoms with Crippen molar-refractivity contribution in [2.45, 2.75) is 31.2 Å². The number of piperidine rings is 1. The topological polar surface area (TPSA) is 111 Å². The van der Waals surface area contributed by atoms with Crippen molar-refractivity contribution in [1.29, 1.82) is 0 Å². The van der Waals surface area contributed by atoms with Crippen molar-refractivity contribution in [3.63, 3.8) is 0 Å². The van der Waals surface area contributed by atoms with Gasteiger partial charge >= 0.3 is 0 Å². The summed E-state index contributed by atoms with van der Waals surface area (Å²) in [6.07, 6.45) is 2.30. The van der Waals surface area contributed by atoms with Crippen LogP contribution in [0, 0.1) is 0 Å². The Balaban J connectivity index is 1.20. The summed E-state index contributed by atoms with van der Waals surface area (Å²) in [4.78, 5) is 43.6. The maximum Gasteiger partial charge on any atom is 0.256 e. The van der Waals surface area contributed by atoms with Gasteiger partial charge in [0.2, 0.25) is 12.7 Å². The van der Waals surface area contributed by atoms with Crippen molar-refractivity contribution in [2.75, 3.05) is 26.5 Å². The van der Waals surface area contributed by atoms with Gasteiger partial charge in [0.05, 0.1) is 19.4 Å². The molecule has 1 aromatic heterocycles. The smallest absolute Gasteiger partial charge is 0.256 e. The number of nitrogens with one attached hydrogen (secondary N) is 1. The highest BCUT2D eigenvalue weighted by molar-refractivity contribution is 5.98. The van der Waals surface area contributed by atoms with E-state index in [2.05, 4.69) is 5.32 Å². The number of carbonyl (C=O) groups is 3. The van der Waals surface area contributed by atoms with E-state index in [0.29, 0.717) is 54.3 Å². The van der Waals surface area contributed by atoms with Gasteiger partial charge in [0.25, 0.3) is 11.8 Å². The molecule has 6 rings (SSSR count). The minimum atomic E-state index is -0.995. The summed E-state index contributed by atoms with van der Waals surface area (Å²) >= 11 is 0. The first-order chi connectivity index (χ1) is 18.5. The van der Waals surface area contributed by atoms with Gasteiger partial charge < -0.3 is 28.8 Å². The molecule has 1 spiro atoms. The Morgan fingerprint density at radius 1 is 0.895 bits per heavy atom. The van der Waals surface area contributed by atoms with E-state index in [1.54, 1.807) is 70.7 Å². The minimum Gasteiger partial charge on any atom is -0.467 e. The molecule has 0 aliphatic carbocycles. The zero-order valence-electron chi connectivity index (χ0n) is 20.6. The number of furan rings is 1. The van der Waals surface area contributed by atoms with Crippen molar-refractivity contribution in [2.24, 2.45) is 0 Å². The van der Waals surface area contributed by atoms with Crippen LogP contribution in [-0.4, -0.2) is 65.8 Å². The van der Waals surface area contributed by atoms with E-state index in [-0.39, 0.29) is 37.7 Å². The lowest BCUT2D eigenvalue weighted by atomic mass is 9.96. The van der Waals surface area contributed by atoms with E-state index >= 15 is 0 Å². The van der Waals surface area contributed by atoms with Gasteiger partial charge in [0.15, 0.2) is 11.5 Å². The van der Waals surface area contributed by atoms with Crippen molar-refractivity contribution in [3.8, 4) is 11.5 Å². The van der Waals surface area contributed by atoms with Crippen molar-refractivity contribution >= 4 is 17.7 Å². The van der Waals surface area contributed by atoms with Crippen LogP contribution in [0.25, 0.3) is 0 Å². The molecule has 1 atom stereocenters. The highest BCUT2D eigenvalue weighted by Gasteiger charge is 2.54. The fraction of sp³-hybridized carbons (Fsp3) is 0.321. The molecule has 10 nitrogen and oxygen atoms in total. The normalized spacial score (nSPS) is 19.5. The zero-order chi connectivity index (χ0) is 26.1. The summed E-state index contributed by atoms with van der Waals surface area (Å²) in [7, 11) is 0. The van der Waals surface area contributed by atoms with Gasteiger partial charge in [0, 0.05) is 37.1 Å². The number of likely N-dealkylation sites (tertiary alicyclic amines) is 1. The Kier molecular flexibility index (Phi) is 6.24. The molecule has 2 saturated heterocycles. The summed E-state index contributed by atoms with van der Waals surface area (Å²) < 4.78 is 22.3. The van der Waals surface area contributed by atoms with Gasteiger partial charge in [-0.25, -0.2) is 0 Å². The number of ether oxygens (including phenoxy) is 3. The van der Waals surface area contributed by atoms with Crippen LogP contribution in [0.2, 0.25) is 0 Å². The Hall–Kier alpha value is -4.31. The number of hydrogen-bond donors (Lipinski definition) is 1. The Morgan fingerprint density at radius 3 is 2.45 bits per heavy atom. The molecule has 2 fully saturated rings. The van der Waals surface area contributed by atoms with E-state index in [4.69, 9.17) is 18.6 Å². The summed E-state index contributed by atoms with van der Waals surface area (Å²) in [5, 5.41) is 2.86. The number of hydrogen-bond acceptors (Lipinski definition) is 7. The molecular formula is C28H27N3O7. The number of benzene rings is 2. The first kappa shape index (κ1) is 24.1. The van der Waals surface area contributed by atoms with Crippen LogP contribution < -0.4 is 14.8 Å². The molecule has 0 saturated carbocycles. The third kappa shape index (κ3) is 4.37. The van der Waals surface area contributed by atoms with Crippen LogP contribution in [-0.2, 0) is 16.1 Å². The minimum absolute atomic E-state index is 0.0681. The second-order valence-corrected chi connectivity index (χ2v) is 9.47. The van der Waals surface area contributed by atoms with Crippen molar-refractivity contribution < 1.29 is 33.0 Å². The van der Waals surface area contributed by atoms with Crippen LogP contribution >= 0.6 is 0 Å². The van der Waals surface area contributed by atoms with E-state index in [1.807, 2.05) is 6.07 Å². The lowest BCUT2D eigenvalue weighted by Crippen LogP contribution is -2.59. The Labute approximate surface area is 219 Å². The molecule has 10 heteroatoms. The maximum atomic E-state index is 13.8. The van der Waals surface area contributed by atoms with Crippen LogP contribution in [0.15, 0.2) is 71.3 Å². The Bertz CT molecular complexity index is 1330. The fourth-order valence-corrected chi connectivity index (χ4v) is 5.26. The average molecular weight is 518 g/mol. The second kappa shape index (κ2) is 9.86. The quantitative estimate of drug-likeness (QED) is 0.554. The van der Waals surface area contributed by atoms with Gasteiger partial charge in [-0.15, -0.1) is 0 Å². The standard InChI is InChI=1S/C28H27N3O7/c32-25(29-16-21-7-4-14-35-21)22-17-38-28(31(22)27(34)19-5-2-1-3-6-19)10-12-30(13-11-28)26(33)20-8-9-23-24(15-20)37-18-36-23/h1-9,14-15,22H,10-13,16-18H2,(H,29,32). The number of nitrogens with zero attached hydrogens (tertiary/aromatic N) is 2.